The van der Waals surface area contributed by atoms with Crippen molar-refractivity contribution in [3.63, 3.8) is 0 Å². The van der Waals surface area contributed by atoms with Gasteiger partial charge in [0.15, 0.2) is 17.3 Å². The van der Waals surface area contributed by atoms with E-state index in [0.717, 1.165) is 0 Å². The highest BCUT2D eigenvalue weighted by molar-refractivity contribution is 6.15. The summed E-state index contributed by atoms with van der Waals surface area (Å²) in [5.41, 5.74) is 0.405. The molecule has 10 nitrogen and oxygen atoms in total. The van der Waals surface area contributed by atoms with Crippen LogP contribution in [0.3, 0.4) is 0 Å². The number of tetrazole rings is 1. The molecule has 164 valence electrons. The van der Waals surface area contributed by atoms with Crippen molar-refractivity contribution in [3.05, 3.63) is 70.7 Å². The highest BCUT2D eigenvalue weighted by atomic mass is 19.1. The van der Waals surface area contributed by atoms with Crippen LogP contribution in [0.25, 0.3) is 0 Å². The third-order valence-electron chi connectivity index (χ3n) is 4.96. The molecule has 0 amide bonds. The number of anilines is 1. The molecule has 0 fully saturated rings. The largest absolute Gasteiger partial charge is 0.493 e. The molecule has 4 rings (SSSR count). The summed E-state index contributed by atoms with van der Waals surface area (Å²) in [4.78, 5) is 26.3. The Hall–Kier alpha value is -4.28. The normalized spacial score (nSPS) is 14.9. The monoisotopic (exact) mass is 439 g/mol. The second-order valence-corrected chi connectivity index (χ2v) is 6.71. The molecule has 3 aromatic rings. The van der Waals surface area contributed by atoms with Gasteiger partial charge in [0, 0.05) is 5.56 Å². The van der Waals surface area contributed by atoms with Gasteiger partial charge in [0.1, 0.15) is 17.6 Å². The fourth-order valence-electron chi connectivity index (χ4n) is 3.51. The molecular formula is C21H18FN5O5. The van der Waals surface area contributed by atoms with Crippen molar-refractivity contribution < 1.29 is 28.2 Å². The van der Waals surface area contributed by atoms with E-state index >= 15 is 0 Å². The highest BCUT2D eigenvalue weighted by Gasteiger charge is 2.38. The van der Waals surface area contributed by atoms with E-state index in [1.807, 2.05) is 0 Å². The number of carbonyl (C=O) groups is 2. The molecule has 11 heteroatoms. The average Bonchev–Trinajstić information content (AvgIpc) is 3.29. The van der Waals surface area contributed by atoms with Crippen molar-refractivity contribution in [1.29, 1.82) is 0 Å². The number of halogens is 1. The number of hydrogen-bond acceptors (Lipinski definition) is 9. The molecule has 1 aliphatic heterocycles. The van der Waals surface area contributed by atoms with E-state index in [4.69, 9.17) is 14.2 Å². The lowest BCUT2D eigenvalue weighted by Crippen LogP contribution is -2.33. The average molecular weight is 439 g/mol. The second-order valence-electron chi connectivity index (χ2n) is 6.71. The number of rotatable bonds is 6. The number of fused-ring (bicyclic) bond motifs is 1. The molecule has 1 atom stereocenters. The second kappa shape index (κ2) is 8.46. The van der Waals surface area contributed by atoms with Gasteiger partial charge in [-0.3, -0.25) is 4.79 Å². The molecule has 0 saturated carbocycles. The van der Waals surface area contributed by atoms with E-state index in [-0.39, 0.29) is 22.8 Å². The summed E-state index contributed by atoms with van der Waals surface area (Å²) in [6, 6.07) is 9.22. The fraction of sp³-hybridized carbons (Fsp3) is 0.190. The third kappa shape index (κ3) is 3.53. The Morgan fingerprint density at radius 3 is 2.53 bits per heavy atom. The third-order valence-corrected chi connectivity index (χ3v) is 4.96. The molecule has 1 aromatic heterocycles. The summed E-state index contributed by atoms with van der Waals surface area (Å²) >= 11 is 0. The van der Waals surface area contributed by atoms with Crippen molar-refractivity contribution >= 4 is 17.7 Å². The maximum Gasteiger partial charge on any atom is 0.355 e. The molecule has 2 aromatic carbocycles. The number of ketones is 1. The number of ether oxygens (including phenoxy) is 3. The SMILES string of the molecule is COC(=O)C1=C(C(=O)c2ccc(OC)c(OC)c2)[C@@H](c2cccc(F)c2)n2nnnc2N1. The lowest BCUT2D eigenvalue weighted by Gasteiger charge is -2.28. The van der Waals surface area contributed by atoms with E-state index in [2.05, 4.69) is 20.8 Å². The molecule has 0 bridgehead atoms. The number of nitrogens with zero attached hydrogens (tertiary/aromatic N) is 4. The first-order valence-corrected chi connectivity index (χ1v) is 9.38. The number of aromatic nitrogens is 4. The minimum atomic E-state index is -0.994. The van der Waals surface area contributed by atoms with Gasteiger partial charge < -0.3 is 19.5 Å². The molecular weight excluding hydrogens is 421 g/mol. The van der Waals surface area contributed by atoms with Crippen molar-refractivity contribution in [2.45, 2.75) is 6.04 Å². The first kappa shape index (κ1) is 21.0. The Morgan fingerprint density at radius 1 is 1.06 bits per heavy atom. The smallest absolute Gasteiger partial charge is 0.355 e. The van der Waals surface area contributed by atoms with E-state index < -0.39 is 23.6 Å². The van der Waals surface area contributed by atoms with Crippen LogP contribution >= 0.6 is 0 Å². The molecule has 0 unspecified atom stereocenters. The van der Waals surface area contributed by atoms with Crippen LogP contribution in [0.15, 0.2) is 53.7 Å². The van der Waals surface area contributed by atoms with Gasteiger partial charge in [0.25, 0.3) is 0 Å². The molecule has 0 aliphatic carbocycles. The number of allylic oxidation sites excluding steroid dienone is 1. The molecule has 1 N–H and O–H groups in total. The van der Waals surface area contributed by atoms with Crippen molar-refractivity contribution in [3.8, 4) is 11.5 Å². The van der Waals surface area contributed by atoms with Crippen LogP contribution in [0.5, 0.6) is 11.5 Å². The molecule has 32 heavy (non-hydrogen) atoms. The number of benzene rings is 2. The molecule has 1 aliphatic rings. The van der Waals surface area contributed by atoms with Crippen LogP contribution < -0.4 is 14.8 Å². The number of nitrogens with one attached hydrogen (secondary N) is 1. The van der Waals surface area contributed by atoms with E-state index in [0.29, 0.717) is 17.1 Å². The van der Waals surface area contributed by atoms with Crippen LogP contribution in [0, 0.1) is 5.82 Å². The van der Waals surface area contributed by atoms with E-state index in [1.165, 1.54) is 56.3 Å². The van der Waals surface area contributed by atoms with Gasteiger partial charge in [-0.05, 0) is 46.3 Å². The van der Waals surface area contributed by atoms with Gasteiger partial charge in [-0.2, -0.15) is 4.68 Å². The molecule has 0 saturated heterocycles. The molecule has 0 spiro atoms. The number of methoxy groups -OCH3 is 3. The zero-order valence-electron chi connectivity index (χ0n) is 17.3. The van der Waals surface area contributed by atoms with Crippen molar-refractivity contribution in [2.24, 2.45) is 0 Å². The van der Waals surface area contributed by atoms with E-state index in [1.54, 1.807) is 12.1 Å². The molecule has 2 heterocycles. The molecule has 0 radical (unpaired) electrons. The van der Waals surface area contributed by atoms with Crippen LogP contribution in [0.4, 0.5) is 10.3 Å². The Kier molecular flexibility index (Phi) is 5.54. The zero-order valence-corrected chi connectivity index (χ0v) is 17.3. The Morgan fingerprint density at radius 2 is 1.84 bits per heavy atom. The maximum atomic E-state index is 14.1. The van der Waals surface area contributed by atoms with Gasteiger partial charge in [-0.25, -0.2) is 9.18 Å². The van der Waals surface area contributed by atoms with Crippen LogP contribution in [-0.2, 0) is 9.53 Å². The lowest BCUT2D eigenvalue weighted by atomic mass is 9.89. The maximum absolute atomic E-state index is 14.1. The first-order valence-electron chi connectivity index (χ1n) is 9.38. The summed E-state index contributed by atoms with van der Waals surface area (Å²) < 4.78 is 30.8. The van der Waals surface area contributed by atoms with Crippen LogP contribution in [0.1, 0.15) is 22.0 Å². The summed E-state index contributed by atoms with van der Waals surface area (Å²) in [5.74, 6) is -0.999. The standard InChI is InChI=1S/C21H18FN5O5/c1-30-14-8-7-12(10-15(14)31-2)19(28)16-17(20(29)32-3)23-21-24-25-26-27(21)18(16)11-5-4-6-13(22)9-11/h4-10,18H,1-3H3,(H,23,24,26)/t18-/m1/s1. The Labute approximate surface area is 181 Å². The fourth-order valence-corrected chi connectivity index (χ4v) is 3.51. The van der Waals surface area contributed by atoms with Crippen molar-refractivity contribution in [1.82, 2.24) is 20.2 Å². The number of esters is 1. The predicted molar refractivity (Wildman–Crippen MR) is 109 cm³/mol. The van der Waals surface area contributed by atoms with E-state index in [9.17, 15) is 14.0 Å². The Bertz CT molecular complexity index is 1240. The first-order chi connectivity index (χ1) is 15.5. The predicted octanol–water partition coefficient (Wildman–Crippen LogP) is 2.15. The van der Waals surface area contributed by atoms with Gasteiger partial charge in [0.05, 0.1) is 26.9 Å². The number of Topliss-reactive ketones (excluding diaryl/α,β-unsaturated/α-hetero) is 1. The summed E-state index contributed by atoms with van der Waals surface area (Å²) in [5, 5.41) is 14.2. The minimum absolute atomic E-state index is 0.0190. The van der Waals surface area contributed by atoms with Crippen LogP contribution in [0.2, 0.25) is 0 Å². The number of carbonyl (C=O) groups excluding carboxylic acids is 2. The van der Waals surface area contributed by atoms with Gasteiger partial charge in [0.2, 0.25) is 5.95 Å². The zero-order chi connectivity index (χ0) is 22.8. The minimum Gasteiger partial charge on any atom is -0.493 e. The lowest BCUT2D eigenvalue weighted by molar-refractivity contribution is -0.136. The number of hydrogen-bond donors (Lipinski definition) is 1. The quantitative estimate of drug-likeness (QED) is 0.455. The van der Waals surface area contributed by atoms with Gasteiger partial charge in [-0.15, -0.1) is 0 Å². The summed E-state index contributed by atoms with van der Waals surface area (Å²) in [7, 11) is 4.10. The van der Waals surface area contributed by atoms with Crippen LogP contribution in [-0.4, -0.2) is 53.3 Å². The van der Waals surface area contributed by atoms with Gasteiger partial charge >= 0.3 is 5.97 Å². The topological polar surface area (TPSA) is 117 Å². The summed E-state index contributed by atoms with van der Waals surface area (Å²) in [6.07, 6.45) is 0. The van der Waals surface area contributed by atoms with Crippen molar-refractivity contribution in [2.75, 3.05) is 26.6 Å². The summed E-state index contributed by atoms with van der Waals surface area (Å²) in [6.45, 7) is 0. The van der Waals surface area contributed by atoms with Gasteiger partial charge in [-0.1, -0.05) is 17.2 Å². The Balaban J connectivity index is 1.94. The highest BCUT2D eigenvalue weighted by Crippen LogP contribution is 2.38.